The molecule has 0 fully saturated rings. The predicted molar refractivity (Wildman–Crippen MR) is 293 cm³/mol. The Bertz CT molecular complexity index is 4480. The third-order valence-corrected chi connectivity index (χ3v) is 16.9. The largest absolute Gasteiger partial charge is 0.308 e. The summed E-state index contributed by atoms with van der Waals surface area (Å²) in [5, 5.41) is 14.9. The van der Waals surface area contributed by atoms with E-state index < -0.39 is 0 Å². The molecule has 0 aliphatic heterocycles. The van der Waals surface area contributed by atoms with Crippen LogP contribution >= 0.6 is 22.7 Å². The third kappa shape index (κ3) is 5.52. The van der Waals surface area contributed by atoms with Crippen molar-refractivity contribution >= 4 is 124 Å². The van der Waals surface area contributed by atoms with Gasteiger partial charge in [-0.15, -0.1) is 22.7 Å². The minimum Gasteiger partial charge on any atom is -0.308 e. The lowest BCUT2D eigenvalue weighted by molar-refractivity contribution is 0.724. The van der Waals surface area contributed by atoms with Crippen LogP contribution in [0.4, 0.5) is 0 Å². The summed E-state index contributed by atoms with van der Waals surface area (Å²) in [5.74, 6) is 1.23. The summed E-state index contributed by atoms with van der Waals surface area (Å²) in [5.41, 5.74) is 11.5. The van der Waals surface area contributed by atoms with Crippen LogP contribution in [0.25, 0.3) is 141 Å². The van der Waals surface area contributed by atoms with Crippen LogP contribution < -0.4 is 0 Å². The van der Waals surface area contributed by atoms with Crippen LogP contribution in [0.5, 0.6) is 0 Å². The number of benzene rings is 10. The van der Waals surface area contributed by atoms with Gasteiger partial charge in [-0.05, 0) is 105 Å². The number of thiophene rings is 2. The second-order valence-electron chi connectivity index (χ2n) is 18.5. The van der Waals surface area contributed by atoms with E-state index in [0.717, 1.165) is 50.7 Å². The van der Waals surface area contributed by atoms with E-state index in [4.69, 9.17) is 9.97 Å². The van der Waals surface area contributed by atoms with E-state index in [1.165, 1.54) is 101 Å². The van der Waals surface area contributed by atoms with E-state index in [-0.39, 0.29) is 0 Å². The summed E-state index contributed by atoms with van der Waals surface area (Å²) < 4.78 is 6.44. The molecule has 1 aliphatic rings. The van der Waals surface area contributed by atoms with Crippen molar-refractivity contribution in [3.05, 3.63) is 205 Å². The number of aromatic nitrogens is 3. The first-order chi connectivity index (χ1) is 33.6. The zero-order valence-corrected chi connectivity index (χ0v) is 38.6. The van der Waals surface area contributed by atoms with Gasteiger partial charge >= 0.3 is 0 Å². The first-order valence-corrected chi connectivity index (χ1v) is 25.1. The molecule has 0 saturated carbocycles. The first-order valence-electron chi connectivity index (χ1n) is 23.4. The molecule has 0 N–H and O–H groups in total. The SMILES string of the molecule is CC1C=Cc2sc3c(c2C1)c1ccccc1c1c2ccccc2n(-c2ccc4sc5ccc(-c6nc(-c7ccc(-c8ccccc8)cc7)c7c8ccccc8c8ccccc8c7n6)cc5c4c2)c31. The molecular formula is C63H39N3S2. The Balaban J connectivity index is 0.967. The van der Waals surface area contributed by atoms with Crippen molar-refractivity contribution in [3.63, 3.8) is 0 Å². The van der Waals surface area contributed by atoms with Crippen molar-refractivity contribution in [1.82, 2.24) is 14.5 Å². The highest BCUT2D eigenvalue weighted by molar-refractivity contribution is 7.25. The van der Waals surface area contributed by atoms with Crippen molar-refractivity contribution in [3.8, 4) is 39.5 Å². The van der Waals surface area contributed by atoms with Crippen LogP contribution in [0.3, 0.4) is 0 Å². The molecular weight excluding hydrogens is 863 g/mol. The second-order valence-corrected chi connectivity index (χ2v) is 20.6. The zero-order valence-electron chi connectivity index (χ0n) is 37.0. The number of hydrogen-bond acceptors (Lipinski definition) is 4. The van der Waals surface area contributed by atoms with E-state index in [9.17, 15) is 0 Å². The first kappa shape index (κ1) is 38.2. The Hall–Kier alpha value is -7.96. The Morgan fingerprint density at radius 3 is 1.84 bits per heavy atom. The van der Waals surface area contributed by atoms with Gasteiger partial charge in [0.1, 0.15) is 0 Å². The molecule has 0 saturated heterocycles. The molecule has 10 aromatic carbocycles. The normalized spacial score (nSPS) is 14.0. The van der Waals surface area contributed by atoms with E-state index in [0.29, 0.717) is 5.92 Å². The Morgan fingerprint density at radius 1 is 0.471 bits per heavy atom. The molecule has 1 atom stereocenters. The van der Waals surface area contributed by atoms with E-state index >= 15 is 0 Å². The van der Waals surface area contributed by atoms with Crippen molar-refractivity contribution in [1.29, 1.82) is 0 Å². The quantitative estimate of drug-likeness (QED) is 0.165. The van der Waals surface area contributed by atoms with Gasteiger partial charge < -0.3 is 4.57 Å². The Morgan fingerprint density at radius 2 is 1.06 bits per heavy atom. The number of rotatable bonds is 4. The molecule has 5 heteroatoms. The van der Waals surface area contributed by atoms with Gasteiger partial charge in [-0.2, -0.15) is 0 Å². The van der Waals surface area contributed by atoms with Gasteiger partial charge in [-0.1, -0.05) is 159 Å². The minimum atomic E-state index is 0.511. The van der Waals surface area contributed by atoms with Crippen molar-refractivity contribution in [2.24, 2.45) is 5.92 Å². The second kappa shape index (κ2) is 14.5. The molecule has 0 spiro atoms. The van der Waals surface area contributed by atoms with Gasteiger partial charge in [0.05, 0.1) is 26.9 Å². The number of para-hydroxylation sites is 1. The molecule has 0 amide bonds. The molecule has 0 radical (unpaired) electrons. The van der Waals surface area contributed by atoms with Crippen molar-refractivity contribution < 1.29 is 0 Å². The predicted octanol–water partition coefficient (Wildman–Crippen LogP) is 18.0. The fourth-order valence-electron chi connectivity index (χ4n) is 11.4. The standard InChI is InChI=1S/C63H39N3S2/c1-36-23-30-55-51(33-36)57-46-19-9-8-18-45(46)56-48-21-11-12-22-52(48)66(61(56)62(57)68-55)41-29-32-54-50(35-41)49-34-40(28-31-53(49)67-54)63-64-59(39-26-24-38(25-27-39)37-13-3-2-4-14-37)58-44-17-7-5-15-42(44)43-16-6-10-20-47(43)60(58)65-63/h2-32,34-36H,33H2,1H3. The van der Waals surface area contributed by atoms with Crippen LogP contribution in [0.2, 0.25) is 0 Å². The summed E-state index contributed by atoms with van der Waals surface area (Å²) >= 11 is 3.81. The summed E-state index contributed by atoms with van der Waals surface area (Å²) in [7, 11) is 0. The summed E-state index contributed by atoms with van der Waals surface area (Å²) in [6.07, 6.45) is 5.82. The minimum absolute atomic E-state index is 0.511. The van der Waals surface area contributed by atoms with Gasteiger partial charge in [0.25, 0.3) is 0 Å². The topological polar surface area (TPSA) is 30.7 Å². The lowest BCUT2D eigenvalue weighted by atomic mass is 9.90. The lowest BCUT2D eigenvalue weighted by Crippen LogP contribution is -2.00. The fourth-order valence-corrected chi connectivity index (χ4v) is 13.8. The number of fused-ring (bicyclic) bond motifs is 19. The van der Waals surface area contributed by atoms with Gasteiger partial charge in [-0.3, -0.25) is 0 Å². The number of hydrogen-bond donors (Lipinski definition) is 0. The van der Waals surface area contributed by atoms with Crippen LogP contribution in [0.1, 0.15) is 17.4 Å². The molecule has 318 valence electrons. The maximum atomic E-state index is 5.57. The summed E-state index contributed by atoms with van der Waals surface area (Å²) in [6.45, 7) is 2.34. The van der Waals surface area contributed by atoms with Crippen molar-refractivity contribution in [2.75, 3.05) is 0 Å². The maximum Gasteiger partial charge on any atom is 0.160 e. The average molecular weight is 902 g/mol. The third-order valence-electron chi connectivity index (χ3n) is 14.5. The molecule has 68 heavy (non-hydrogen) atoms. The molecule has 3 nitrogen and oxygen atoms in total. The highest BCUT2D eigenvalue weighted by Crippen LogP contribution is 2.50. The smallest absolute Gasteiger partial charge is 0.160 e. The van der Waals surface area contributed by atoms with Gasteiger partial charge in [0, 0.05) is 68.8 Å². The monoisotopic (exact) mass is 901 g/mol. The van der Waals surface area contributed by atoms with Gasteiger partial charge in [-0.25, -0.2) is 9.97 Å². The molecule has 14 aromatic rings. The maximum absolute atomic E-state index is 5.57. The van der Waals surface area contributed by atoms with Crippen LogP contribution in [0, 0.1) is 5.92 Å². The van der Waals surface area contributed by atoms with Crippen LogP contribution in [0.15, 0.2) is 194 Å². The van der Waals surface area contributed by atoms with Crippen LogP contribution in [-0.2, 0) is 6.42 Å². The summed E-state index contributed by atoms with van der Waals surface area (Å²) in [4.78, 5) is 12.5. The summed E-state index contributed by atoms with van der Waals surface area (Å²) in [6, 6.07) is 68.9. The van der Waals surface area contributed by atoms with Crippen molar-refractivity contribution in [2.45, 2.75) is 13.3 Å². The molecule has 1 unspecified atom stereocenters. The Labute approximate surface area is 399 Å². The van der Waals surface area contributed by atoms with E-state index in [1.54, 1.807) is 0 Å². The average Bonchev–Trinajstić information content (AvgIpc) is 4.08. The fraction of sp³-hybridized carbons (Fsp3) is 0.0476. The highest BCUT2D eigenvalue weighted by atomic mass is 32.1. The van der Waals surface area contributed by atoms with E-state index in [1.807, 2.05) is 22.7 Å². The molecule has 15 rings (SSSR count). The highest BCUT2D eigenvalue weighted by Gasteiger charge is 2.26. The Kier molecular flexibility index (Phi) is 8.15. The molecule has 4 heterocycles. The number of nitrogens with zero attached hydrogens (tertiary/aromatic N) is 3. The number of allylic oxidation sites excluding steroid dienone is 1. The van der Waals surface area contributed by atoms with Gasteiger partial charge in [0.2, 0.25) is 0 Å². The van der Waals surface area contributed by atoms with Gasteiger partial charge in [0.15, 0.2) is 5.82 Å². The molecule has 0 bridgehead atoms. The van der Waals surface area contributed by atoms with E-state index in [2.05, 4.69) is 212 Å². The lowest BCUT2D eigenvalue weighted by Gasteiger charge is -2.15. The molecule has 1 aliphatic carbocycles. The zero-order chi connectivity index (χ0) is 44.6. The molecule has 4 aromatic heterocycles. The van der Waals surface area contributed by atoms with Crippen LogP contribution in [-0.4, -0.2) is 14.5 Å².